The quantitative estimate of drug-likeness (QED) is 0.699. The van der Waals surface area contributed by atoms with Crippen LogP contribution in [-0.2, 0) is 0 Å². The molecule has 0 amide bonds. The number of rotatable bonds is 2. The number of fused-ring (bicyclic) bond motifs is 6. The first-order chi connectivity index (χ1) is 13.9. The predicted molar refractivity (Wildman–Crippen MR) is 116 cm³/mol. The molecule has 0 aromatic heterocycles. The SMILES string of the molecule is C.COc1cc2c(cc1OC)C1C(=O)c3ccc4c(c3OC1CO2)C=CC(C)(C)O4.[2HH]. The molecular weight excluding hydrogens is 384 g/mol. The number of ether oxygens (including phenoxy) is 5. The van der Waals surface area contributed by atoms with E-state index in [0.717, 1.165) is 11.1 Å². The molecule has 0 aliphatic carbocycles. The van der Waals surface area contributed by atoms with Crippen molar-refractivity contribution in [1.82, 2.24) is 0 Å². The van der Waals surface area contributed by atoms with E-state index in [1.807, 2.05) is 32.1 Å². The molecule has 0 saturated carbocycles. The lowest BCUT2D eigenvalue weighted by Crippen LogP contribution is -2.43. The van der Waals surface area contributed by atoms with Gasteiger partial charge in [0.05, 0.1) is 31.3 Å². The van der Waals surface area contributed by atoms with E-state index in [-0.39, 0.29) is 21.2 Å². The summed E-state index contributed by atoms with van der Waals surface area (Å²) >= 11 is 0. The zero-order valence-corrected chi connectivity index (χ0v) is 16.8. The first kappa shape index (κ1) is 20.1. The van der Waals surface area contributed by atoms with Gasteiger partial charge in [-0.2, -0.15) is 0 Å². The van der Waals surface area contributed by atoms with E-state index in [0.29, 0.717) is 34.3 Å². The van der Waals surface area contributed by atoms with Crippen LogP contribution in [0.4, 0.5) is 0 Å². The van der Waals surface area contributed by atoms with Crippen molar-refractivity contribution in [1.29, 1.82) is 0 Å². The largest absolute Gasteiger partial charge is 0.493 e. The van der Waals surface area contributed by atoms with Crippen LogP contribution in [0, 0.1) is 0 Å². The summed E-state index contributed by atoms with van der Waals surface area (Å²) < 4.78 is 29.0. The van der Waals surface area contributed by atoms with E-state index < -0.39 is 17.6 Å². The van der Waals surface area contributed by atoms with E-state index in [1.54, 1.807) is 32.4 Å². The molecule has 0 radical (unpaired) electrons. The lowest BCUT2D eigenvalue weighted by Gasteiger charge is -2.38. The zero-order chi connectivity index (χ0) is 20.3. The van der Waals surface area contributed by atoms with Crippen LogP contribution in [0.5, 0.6) is 28.7 Å². The Hall–Kier alpha value is -3.15. The fraction of sp³-hybridized carbons (Fsp3) is 0.375. The first-order valence-corrected chi connectivity index (χ1v) is 9.56. The van der Waals surface area contributed by atoms with Crippen LogP contribution in [0.15, 0.2) is 30.3 Å². The van der Waals surface area contributed by atoms with Gasteiger partial charge in [-0.05, 0) is 44.2 Å². The Morgan fingerprint density at radius 1 is 1.10 bits per heavy atom. The van der Waals surface area contributed by atoms with Gasteiger partial charge in [0, 0.05) is 13.1 Å². The Labute approximate surface area is 177 Å². The average molecular weight is 413 g/mol. The fourth-order valence-corrected chi connectivity index (χ4v) is 4.19. The third-order valence-corrected chi connectivity index (χ3v) is 5.62. The number of carbonyl (C=O) groups excluding carboxylic acids is 1. The highest BCUT2D eigenvalue weighted by molar-refractivity contribution is 6.06. The fourth-order valence-electron chi connectivity index (χ4n) is 4.19. The van der Waals surface area contributed by atoms with Gasteiger partial charge in [-0.25, -0.2) is 0 Å². The average Bonchev–Trinajstić information content (AvgIpc) is 2.71. The van der Waals surface area contributed by atoms with Crippen molar-refractivity contribution in [2.24, 2.45) is 0 Å². The predicted octanol–water partition coefficient (Wildman–Crippen LogP) is 4.89. The minimum Gasteiger partial charge on any atom is -0.493 e. The van der Waals surface area contributed by atoms with Crippen molar-refractivity contribution in [3.05, 3.63) is 47.0 Å². The second-order valence-corrected chi connectivity index (χ2v) is 7.95. The minimum absolute atomic E-state index is 0. The molecule has 2 unspecified atom stereocenters. The van der Waals surface area contributed by atoms with Crippen molar-refractivity contribution < 1.29 is 29.9 Å². The molecular formula is C24H28O6. The second kappa shape index (κ2) is 6.97. The molecule has 3 heterocycles. The van der Waals surface area contributed by atoms with Crippen molar-refractivity contribution in [3.63, 3.8) is 0 Å². The van der Waals surface area contributed by atoms with Crippen LogP contribution >= 0.6 is 0 Å². The Morgan fingerprint density at radius 3 is 2.57 bits per heavy atom. The number of carbonyl (C=O) groups is 1. The third-order valence-electron chi connectivity index (χ3n) is 5.62. The molecule has 5 rings (SSSR count). The van der Waals surface area contributed by atoms with Gasteiger partial charge in [-0.15, -0.1) is 0 Å². The monoisotopic (exact) mass is 413 g/mol. The summed E-state index contributed by atoms with van der Waals surface area (Å²) in [4.78, 5) is 13.5. The van der Waals surface area contributed by atoms with E-state index in [9.17, 15) is 4.79 Å². The molecule has 0 fully saturated rings. The van der Waals surface area contributed by atoms with Crippen molar-refractivity contribution >= 4 is 11.9 Å². The van der Waals surface area contributed by atoms with Gasteiger partial charge >= 0.3 is 0 Å². The maximum absolute atomic E-state index is 13.5. The molecule has 0 saturated heterocycles. The van der Waals surface area contributed by atoms with Crippen LogP contribution in [0.2, 0.25) is 0 Å². The Balaban J connectivity index is 0.00000136. The molecule has 6 heteroatoms. The minimum atomic E-state index is -0.464. The van der Waals surface area contributed by atoms with Gasteiger partial charge in [0.2, 0.25) is 0 Å². The zero-order valence-electron chi connectivity index (χ0n) is 16.8. The van der Waals surface area contributed by atoms with Gasteiger partial charge in [0.1, 0.15) is 35.6 Å². The summed E-state index contributed by atoms with van der Waals surface area (Å²) in [5.41, 5.74) is 1.71. The maximum atomic E-state index is 13.5. The lowest BCUT2D eigenvalue weighted by atomic mass is 9.81. The topological polar surface area (TPSA) is 63.2 Å². The highest BCUT2D eigenvalue weighted by Gasteiger charge is 2.45. The highest BCUT2D eigenvalue weighted by Crippen LogP contribution is 2.49. The Kier molecular flexibility index (Phi) is 4.68. The van der Waals surface area contributed by atoms with Gasteiger partial charge in [0.15, 0.2) is 17.3 Å². The smallest absolute Gasteiger partial charge is 0.178 e. The second-order valence-electron chi connectivity index (χ2n) is 7.95. The molecule has 0 N–H and O–H groups in total. The van der Waals surface area contributed by atoms with E-state index >= 15 is 0 Å². The van der Waals surface area contributed by atoms with Gasteiger partial charge < -0.3 is 23.7 Å². The summed E-state index contributed by atoms with van der Waals surface area (Å²) in [7, 11) is 3.14. The normalized spacial score (nSPS) is 21.9. The van der Waals surface area contributed by atoms with Gasteiger partial charge in [-0.3, -0.25) is 4.79 Å². The first-order valence-electron chi connectivity index (χ1n) is 9.56. The summed E-state index contributed by atoms with van der Waals surface area (Å²) in [6, 6.07) is 7.20. The van der Waals surface area contributed by atoms with E-state index in [4.69, 9.17) is 23.7 Å². The third kappa shape index (κ3) is 2.90. The van der Waals surface area contributed by atoms with Crippen molar-refractivity contribution in [2.75, 3.05) is 20.8 Å². The van der Waals surface area contributed by atoms with Crippen LogP contribution in [0.25, 0.3) is 6.08 Å². The van der Waals surface area contributed by atoms with Crippen LogP contribution in [-0.4, -0.2) is 38.3 Å². The molecule has 0 bridgehead atoms. The summed E-state index contributed by atoms with van der Waals surface area (Å²) in [5.74, 6) is 2.56. The van der Waals surface area contributed by atoms with Crippen LogP contribution in [0.1, 0.15) is 50.1 Å². The van der Waals surface area contributed by atoms with E-state index in [1.165, 1.54) is 0 Å². The number of ketones is 1. The molecule has 2 aromatic rings. The molecule has 3 aliphatic heterocycles. The van der Waals surface area contributed by atoms with Crippen LogP contribution < -0.4 is 23.7 Å². The van der Waals surface area contributed by atoms with Crippen molar-refractivity contribution in [2.45, 2.75) is 38.9 Å². The van der Waals surface area contributed by atoms with E-state index in [2.05, 4.69) is 0 Å². The number of methoxy groups -OCH3 is 2. The van der Waals surface area contributed by atoms with Gasteiger partial charge in [0.25, 0.3) is 0 Å². The summed E-state index contributed by atoms with van der Waals surface area (Å²) in [6.07, 6.45) is 3.52. The number of hydrogen-bond donors (Lipinski definition) is 0. The molecule has 0 spiro atoms. The van der Waals surface area contributed by atoms with Gasteiger partial charge in [-0.1, -0.05) is 7.43 Å². The number of Topliss-reactive ketones (excluding diaryl/α,β-unsaturated/α-hetero) is 1. The molecule has 30 heavy (non-hydrogen) atoms. The highest BCUT2D eigenvalue weighted by atomic mass is 16.5. The van der Waals surface area contributed by atoms with Crippen LogP contribution in [0.3, 0.4) is 0 Å². The molecule has 160 valence electrons. The molecule has 3 aliphatic rings. The Bertz CT molecular complexity index is 1060. The lowest BCUT2D eigenvalue weighted by molar-refractivity contribution is 0.0553. The number of benzene rings is 2. The summed E-state index contributed by atoms with van der Waals surface area (Å²) in [6.45, 7) is 4.25. The maximum Gasteiger partial charge on any atom is 0.178 e. The molecule has 2 atom stereocenters. The Morgan fingerprint density at radius 2 is 1.83 bits per heavy atom. The summed E-state index contributed by atoms with van der Waals surface area (Å²) in [5, 5.41) is 0. The standard InChI is InChI=1S/C23H22O6.CH4.H2/c1-23(2)8-7-12-15(29-23)6-5-13-21(24)20-14-9-17(25-3)18(26-4)10-16(14)27-11-19(20)28-22(12)13;;/h5-10,19-20H,11H2,1-4H3;1H4;1H/i;;1+1. The molecule has 2 aromatic carbocycles. The number of hydrogen-bond acceptors (Lipinski definition) is 6. The van der Waals surface area contributed by atoms with Crippen molar-refractivity contribution in [3.8, 4) is 28.7 Å². The molecule has 6 nitrogen and oxygen atoms in total.